The highest BCUT2D eigenvalue weighted by molar-refractivity contribution is 5.95. The lowest BCUT2D eigenvalue weighted by atomic mass is 10.1. The van der Waals surface area contributed by atoms with Gasteiger partial charge in [-0.25, -0.2) is 0 Å². The molecule has 1 aliphatic heterocycles. The second-order valence-electron chi connectivity index (χ2n) is 5.16. The van der Waals surface area contributed by atoms with Crippen molar-refractivity contribution < 1.29 is 9.72 Å². The van der Waals surface area contributed by atoms with Gasteiger partial charge < -0.3 is 10.6 Å². The summed E-state index contributed by atoms with van der Waals surface area (Å²) in [4.78, 5) is 24.9. The summed E-state index contributed by atoms with van der Waals surface area (Å²) in [6, 6.07) is 4.44. The number of nitrogens with zero attached hydrogens (tertiary/aromatic N) is 2. The summed E-state index contributed by atoms with van der Waals surface area (Å²) in [5.74, 6) is -0.138. The van der Waals surface area contributed by atoms with Crippen molar-refractivity contribution in [2.75, 3.05) is 31.5 Å². The Morgan fingerprint density at radius 2 is 2.10 bits per heavy atom. The molecule has 1 saturated heterocycles. The number of hydrogen-bond donors (Lipinski definition) is 2. The van der Waals surface area contributed by atoms with Crippen LogP contribution in [-0.2, 0) is 4.79 Å². The molecular weight excluding hydrogens is 272 g/mol. The molecular formula is C14H20N4O3. The van der Waals surface area contributed by atoms with E-state index in [-0.39, 0.29) is 17.6 Å². The minimum atomic E-state index is -0.440. The van der Waals surface area contributed by atoms with E-state index >= 15 is 0 Å². The van der Waals surface area contributed by atoms with Gasteiger partial charge in [-0.3, -0.25) is 19.8 Å². The van der Waals surface area contributed by atoms with Crippen LogP contribution in [0.1, 0.15) is 12.5 Å². The number of amides is 1. The lowest BCUT2D eigenvalue weighted by Gasteiger charge is -2.31. The van der Waals surface area contributed by atoms with Gasteiger partial charge in [-0.05, 0) is 19.9 Å². The van der Waals surface area contributed by atoms with Crippen LogP contribution in [0.5, 0.6) is 0 Å². The van der Waals surface area contributed by atoms with Gasteiger partial charge in [0.1, 0.15) is 0 Å². The summed E-state index contributed by atoms with van der Waals surface area (Å²) in [5.41, 5.74) is 0.988. The maximum Gasteiger partial charge on any atom is 0.274 e. The van der Waals surface area contributed by atoms with Crippen LogP contribution in [0.2, 0.25) is 0 Å². The molecule has 1 amide bonds. The highest BCUT2D eigenvalue weighted by Gasteiger charge is 2.24. The third kappa shape index (κ3) is 3.56. The van der Waals surface area contributed by atoms with E-state index in [4.69, 9.17) is 0 Å². The van der Waals surface area contributed by atoms with Crippen molar-refractivity contribution in [2.24, 2.45) is 0 Å². The van der Waals surface area contributed by atoms with Crippen molar-refractivity contribution in [3.63, 3.8) is 0 Å². The second kappa shape index (κ2) is 6.64. The van der Waals surface area contributed by atoms with Gasteiger partial charge in [0.05, 0.1) is 22.2 Å². The molecule has 0 aromatic heterocycles. The average Bonchev–Trinajstić information content (AvgIpc) is 2.49. The lowest BCUT2D eigenvalue weighted by Crippen LogP contribution is -2.51. The fraction of sp³-hybridized carbons (Fsp3) is 0.500. The molecule has 0 bridgehead atoms. The quantitative estimate of drug-likeness (QED) is 0.642. The van der Waals surface area contributed by atoms with Crippen molar-refractivity contribution in [3.8, 4) is 0 Å². The molecule has 7 nitrogen and oxygen atoms in total. The third-order valence-corrected chi connectivity index (χ3v) is 3.84. The summed E-state index contributed by atoms with van der Waals surface area (Å²) in [7, 11) is 0. The molecule has 0 aliphatic carbocycles. The predicted molar refractivity (Wildman–Crippen MR) is 80.4 cm³/mol. The maximum absolute atomic E-state index is 12.3. The zero-order valence-electron chi connectivity index (χ0n) is 12.3. The fourth-order valence-electron chi connectivity index (χ4n) is 2.43. The van der Waals surface area contributed by atoms with Gasteiger partial charge in [0, 0.05) is 32.2 Å². The van der Waals surface area contributed by atoms with Crippen molar-refractivity contribution in [1.29, 1.82) is 0 Å². The molecule has 114 valence electrons. The van der Waals surface area contributed by atoms with Gasteiger partial charge in [-0.1, -0.05) is 6.07 Å². The topological polar surface area (TPSA) is 87.5 Å². The van der Waals surface area contributed by atoms with Crippen molar-refractivity contribution in [2.45, 2.75) is 19.9 Å². The molecule has 1 atom stereocenters. The molecule has 1 aromatic rings. The summed E-state index contributed by atoms with van der Waals surface area (Å²) in [5, 5.41) is 17.0. The number of nitro benzene ring substituents is 1. The molecule has 1 aromatic carbocycles. The van der Waals surface area contributed by atoms with Crippen molar-refractivity contribution in [3.05, 3.63) is 33.9 Å². The van der Waals surface area contributed by atoms with Gasteiger partial charge in [0.15, 0.2) is 0 Å². The van der Waals surface area contributed by atoms with E-state index in [1.807, 2.05) is 6.92 Å². The second-order valence-corrected chi connectivity index (χ2v) is 5.16. The SMILES string of the molecule is Cc1c(NC(=O)C(C)N2CCNCC2)cccc1[N+](=O)[O-]. The summed E-state index contributed by atoms with van der Waals surface area (Å²) in [6.45, 7) is 6.88. The smallest absolute Gasteiger partial charge is 0.274 e. The van der Waals surface area contributed by atoms with Gasteiger partial charge in [0.2, 0.25) is 5.91 Å². The van der Waals surface area contributed by atoms with Crippen molar-refractivity contribution >= 4 is 17.3 Å². The van der Waals surface area contributed by atoms with E-state index in [1.165, 1.54) is 6.07 Å². The Labute approximate surface area is 123 Å². The molecule has 0 saturated carbocycles. The van der Waals surface area contributed by atoms with E-state index in [0.717, 1.165) is 26.2 Å². The molecule has 1 aliphatic rings. The van der Waals surface area contributed by atoms with Crippen LogP contribution >= 0.6 is 0 Å². The molecule has 1 unspecified atom stereocenters. The van der Waals surface area contributed by atoms with Gasteiger partial charge in [0.25, 0.3) is 5.69 Å². The van der Waals surface area contributed by atoms with E-state index in [1.54, 1.807) is 19.1 Å². The first-order valence-electron chi connectivity index (χ1n) is 7.00. The van der Waals surface area contributed by atoms with Gasteiger partial charge in [-0.2, -0.15) is 0 Å². The van der Waals surface area contributed by atoms with Crippen LogP contribution in [0.15, 0.2) is 18.2 Å². The normalized spacial score (nSPS) is 17.2. The van der Waals surface area contributed by atoms with Crippen LogP contribution in [0.3, 0.4) is 0 Å². The van der Waals surface area contributed by atoms with E-state index in [2.05, 4.69) is 15.5 Å². The zero-order valence-corrected chi connectivity index (χ0v) is 12.3. The highest BCUT2D eigenvalue weighted by atomic mass is 16.6. The Bertz CT molecular complexity index is 541. The number of hydrogen-bond acceptors (Lipinski definition) is 5. The number of nitrogens with one attached hydrogen (secondary N) is 2. The average molecular weight is 292 g/mol. The lowest BCUT2D eigenvalue weighted by molar-refractivity contribution is -0.385. The predicted octanol–water partition coefficient (Wildman–Crippen LogP) is 1.14. The Balaban J connectivity index is 2.08. The molecule has 0 spiro atoms. The third-order valence-electron chi connectivity index (χ3n) is 3.84. The minimum Gasteiger partial charge on any atom is -0.324 e. The number of nitro groups is 1. The molecule has 0 radical (unpaired) electrons. The first-order valence-corrected chi connectivity index (χ1v) is 7.00. The van der Waals surface area contributed by atoms with Crippen LogP contribution in [-0.4, -0.2) is 48.0 Å². The highest BCUT2D eigenvalue weighted by Crippen LogP contribution is 2.25. The van der Waals surface area contributed by atoms with Gasteiger partial charge >= 0.3 is 0 Å². The summed E-state index contributed by atoms with van der Waals surface area (Å²) < 4.78 is 0. The largest absolute Gasteiger partial charge is 0.324 e. The van der Waals surface area contributed by atoms with Crippen LogP contribution < -0.4 is 10.6 Å². The van der Waals surface area contributed by atoms with Crippen LogP contribution in [0, 0.1) is 17.0 Å². The number of anilines is 1. The molecule has 1 heterocycles. The van der Waals surface area contributed by atoms with Crippen LogP contribution in [0.4, 0.5) is 11.4 Å². The fourth-order valence-corrected chi connectivity index (χ4v) is 2.43. The minimum absolute atomic E-state index is 0.0163. The number of carbonyl (C=O) groups is 1. The Hall–Kier alpha value is -1.99. The molecule has 21 heavy (non-hydrogen) atoms. The van der Waals surface area contributed by atoms with Crippen molar-refractivity contribution in [1.82, 2.24) is 10.2 Å². The zero-order chi connectivity index (χ0) is 15.4. The molecule has 7 heteroatoms. The van der Waals surface area contributed by atoms with E-state index in [0.29, 0.717) is 11.3 Å². The summed E-state index contributed by atoms with van der Waals surface area (Å²) >= 11 is 0. The number of carbonyl (C=O) groups excluding carboxylic acids is 1. The number of benzene rings is 1. The van der Waals surface area contributed by atoms with E-state index < -0.39 is 4.92 Å². The maximum atomic E-state index is 12.3. The molecule has 1 fully saturated rings. The number of piperazine rings is 1. The Morgan fingerprint density at radius 1 is 1.43 bits per heavy atom. The summed E-state index contributed by atoms with van der Waals surface area (Å²) in [6.07, 6.45) is 0. The van der Waals surface area contributed by atoms with Crippen LogP contribution in [0.25, 0.3) is 0 Å². The molecule has 2 rings (SSSR count). The molecule has 2 N–H and O–H groups in total. The first kappa shape index (κ1) is 15.4. The van der Waals surface area contributed by atoms with Gasteiger partial charge in [-0.15, -0.1) is 0 Å². The Kier molecular flexibility index (Phi) is 4.87. The monoisotopic (exact) mass is 292 g/mol. The first-order chi connectivity index (χ1) is 10.0. The number of rotatable bonds is 4. The van der Waals surface area contributed by atoms with E-state index in [9.17, 15) is 14.9 Å². The Morgan fingerprint density at radius 3 is 2.71 bits per heavy atom. The standard InChI is InChI=1S/C14H20N4O3/c1-10-12(4-3-5-13(10)18(20)21)16-14(19)11(2)17-8-6-15-7-9-17/h3-5,11,15H,6-9H2,1-2H3,(H,16,19).